The van der Waals surface area contributed by atoms with E-state index in [9.17, 15) is 9.50 Å². The number of halogens is 1. The number of guanidine groups is 1. The largest absolute Gasteiger partial charge is 0.388 e. The van der Waals surface area contributed by atoms with Gasteiger partial charge in [0, 0.05) is 44.0 Å². The van der Waals surface area contributed by atoms with Gasteiger partial charge in [0.15, 0.2) is 5.96 Å². The lowest BCUT2D eigenvalue weighted by atomic mass is 9.95. The first-order chi connectivity index (χ1) is 12.1. The molecule has 0 aromatic heterocycles. The Kier molecular flexibility index (Phi) is 8.51. The van der Waals surface area contributed by atoms with E-state index in [0.29, 0.717) is 32.6 Å². The second kappa shape index (κ2) is 10.6. The summed E-state index contributed by atoms with van der Waals surface area (Å²) in [7, 11) is 0. The van der Waals surface area contributed by atoms with Gasteiger partial charge in [0.05, 0.1) is 12.1 Å². The van der Waals surface area contributed by atoms with Gasteiger partial charge in [0.1, 0.15) is 5.82 Å². The minimum atomic E-state index is -0.751. The maximum atomic E-state index is 12.9. The van der Waals surface area contributed by atoms with Crippen LogP contribution in [0.3, 0.4) is 0 Å². The lowest BCUT2D eigenvalue weighted by molar-refractivity contribution is -0.0565. The quantitative estimate of drug-likeness (QED) is 0.284. The molecule has 1 aromatic rings. The van der Waals surface area contributed by atoms with Gasteiger partial charge < -0.3 is 20.5 Å². The van der Waals surface area contributed by atoms with E-state index in [4.69, 9.17) is 4.74 Å². The van der Waals surface area contributed by atoms with Crippen molar-refractivity contribution in [3.05, 3.63) is 30.1 Å². The highest BCUT2D eigenvalue weighted by Gasteiger charge is 2.29. The second-order valence-electron chi connectivity index (χ2n) is 6.11. The van der Waals surface area contributed by atoms with Gasteiger partial charge in [0.25, 0.3) is 0 Å². The maximum absolute atomic E-state index is 12.9. The Hall–Kier alpha value is -1.31. The second-order valence-corrected chi connectivity index (χ2v) is 7.28. The van der Waals surface area contributed by atoms with Crippen LogP contribution in [0.4, 0.5) is 4.39 Å². The average molecular weight is 370 g/mol. The van der Waals surface area contributed by atoms with E-state index in [-0.39, 0.29) is 5.82 Å². The van der Waals surface area contributed by atoms with Crippen molar-refractivity contribution < 1.29 is 14.2 Å². The lowest BCUT2D eigenvalue weighted by Gasteiger charge is -2.30. The normalized spacial score (nSPS) is 17.3. The van der Waals surface area contributed by atoms with Crippen molar-refractivity contribution >= 4 is 17.7 Å². The zero-order valence-electron chi connectivity index (χ0n) is 14.8. The van der Waals surface area contributed by atoms with E-state index in [1.54, 1.807) is 23.9 Å². The first-order valence-electron chi connectivity index (χ1n) is 8.82. The predicted octanol–water partition coefficient (Wildman–Crippen LogP) is 2.40. The molecule has 140 valence electrons. The molecule has 0 spiro atoms. The Balaban J connectivity index is 1.69. The summed E-state index contributed by atoms with van der Waals surface area (Å²) in [6.45, 7) is 5.16. The number of aliphatic hydroxyl groups is 1. The zero-order valence-corrected chi connectivity index (χ0v) is 15.6. The highest BCUT2D eigenvalue weighted by atomic mass is 32.2. The molecule has 0 unspecified atom stereocenters. The van der Waals surface area contributed by atoms with E-state index < -0.39 is 5.60 Å². The molecule has 1 heterocycles. The highest BCUT2D eigenvalue weighted by Crippen LogP contribution is 2.20. The van der Waals surface area contributed by atoms with E-state index in [1.165, 1.54) is 12.1 Å². The molecule has 3 N–H and O–H groups in total. The number of nitrogens with zero attached hydrogens (tertiary/aromatic N) is 1. The first kappa shape index (κ1) is 20.0. The van der Waals surface area contributed by atoms with Crippen LogP contribution in [0.15, 0.2) is 34.2 Å². The summed E-state index contributed by atoms with van der Waals surface area (Å²) >= 11 is 1.71. The van der Waals surface area contributed by atoms with E-state index in [0.717, 1.165) is 36.1 Å². The molecule has 1 aliphatic heterocycles. The Bertz CT molecular complexity index is 534. The maximum Gasteiger partial charge on any atom is 0.191 e. The van der Waals surface area contributed by atoms with Crippen LogP contribution < -0.4 is 10.6 Å². The molecule has 0 radical (unpaired) electrons. The molecule has 25 heavy (non-hydrogen) atoms. The van der Waals surface area contributed by atoms with Gasteiger partial charge in [0.2, 0.25) is 0 Å². The van der Waals surface area contributed by atoms with Gasteiger partial charge in [-0.25, -0.2) is 4.39 Å². The van der Waals surface area contributed by atoms with Crippen LogP contribution in [0.25, 0.3) is 0 Å². The number of hydrogen-bond donors (Lipinski definition) is 3. The molecule has 0 saturated carbocycles. The summed E-state index contributed by atoms with van der Waals surface area (Å²) in [5.74, 6) is 1.47. The van der Waals surface area contributed by atoms with E-state index in [2.05, 4.69) is 15.6 Å². The summed E-state index contributed by atoms with van der Waals surface area (Å²) in [6, 6.07) is 6.57. The zero-order chi connectivity index (χ0) is 18.0. The number of nitrogens with one attached hydrogen (secondary N) is 2. The minimum Gasteiger partial charge on any atom is -0.388 e. The van der Waals surface area contributed by atoms with Crippen molar-refractivity contribution in [2.75, 3.05) is 38.6 Å². The molecule has 1 fully saturated rings. The highest BCUT2D eigenvalue weighted by molar-refractivity contribution is 7.99. The van der Waals surface area contributed by atoms with Crippen molar-refractivity contribution in [1.29, 1.82) is 0 Å². The van der Waals surface area contributed by atoms with Crippen molar-refractivity contribution in [2.24, 2.45) is 4.99 Å². The van der Waals surface area contributed by atoms with Crippen LogP contribution in [0.2, 0.25) is 0 Å². The summed E-state index contributed by atoms with van der Waals surface area (Å²) in [5, 5.41) is 17.0. The van der Waals surface area contributed by atoms with Crippen molar-refractivity contribution in [2.45, 2.75) is 36.7 Å². The smallest absolute Gasteiger partial charge is 0.191 e. The molecule has 2 rings (SSSR count). The third-order valence-corrected chi connectivity index (χ3v) is 5.09. The topological polar surface area (TPSA) is 65.9 Å². The van der Waals surface area contributed by atoms with Gasteiger partial charge in [-0.05, 0) is 43.4 Å². The van der Waals surface area contributed by atoms with Crippen molar-refractivity contribution in [3.63, 3.8) is 0 Å². The Morgan fingerprint density at radius 3 is 2.68 bits per heavy atom. The molecule has 0 amide bonds. The van der Waals surface area contributed by atoms with Gasteiger partial charge >= 0.3 is 0 Å². The number of rotatable bonds is 8. The molecule has 0 atom stereocenters. The fourth-order valence-corrected chi connectivity index (χ4v) is 3.33. The summed E-state index contributed by atoms with van der Waals surface area (Å²) in [4.78, 5) is 5.59. The molecule has 0 aliphatic carbocycles. The number of thioether (sulfide) groups is 1. The first-order valence-corrected chi connectivity index (χ1v) is 9.80. The minimum absolute atomic E-state index is 0.205. The molecular weight excluding hydrogens is 341 g/mol. The number of aliphatic imine (C=N–C) groups is 1. The predicted molar refractivity (Wildman–Crippen MR) is 101 cm³/mol. The van der Waals surface area contributed by atoms with Gasteiger partial charge in [-0.3, -0.25) is 4.99 Å². The molecule has 5 nitrogen and oxygen atoms in total. The van der Waals surface area contributed by atoms with Crippen LogP contribution in [0.1, 0.15) is 26.2 Å². The van der Waals surface area contributed by atoms with Gasteiger partial charge in [-0.15, -0.1) is 11.8 Å². The summed E-state index contributed by atoms with van der Waals surface area (Å²) in [5.41, 5.74) is -0.751. The fourth-order valence-electron chi connectivity index (χ4n) is 2.48. The Morgan fingerprint density at radius 1 is 1.28 bits per heavy atom. The van der Waals surface area contributed by atoms with Crippen LogP contribution in [-0.4, -0.2) is 55.3 Å². The van der Waals surface area contributed by atoms with Crippen LogP contribution in [0.5, 0.6) is 0 Å². The van der Waals surface area contributed by atoms with Crippen LogP contribution in [-0.2, 0) is 4.74 Å². The van der Waals surface area contributed by atoms with Gasteiger partial charge in [-0.1, -0.05) is 0 Å². The molecule has 7 heteroatoms. The van der Waals surface area contributed by atoms with E-state index >= 15 is 0 Å². The fraction of sp³-hybridized carbons (Fsp3) is 0.611. The van der Waals surface area contributed by atoms with Crippen LogP contribution >= 0.6 is 11.8 Å². The lowest BCUT2D eigenvalue weighted by Crippen LogP contribution is -2.42. The van der Waals surface area contributed by atoms with E-state index in [1.807, 2.05) is 6.92 Å². The van der Waals surface area contributed by atoms with Crippen molar-refractivity contribution in [3.8, 4) is 0 Å². The van der Waals surface area contributed by atoms with Gasteiger partial charge in [-0.2, -0.15) is 0 Å². The SMILES string of the molecule is CCNC(=NCC1(O)CCOCC1)NCCCSc1ccc(F)cc1. The molecular formula is C18H28FN3O2S. The molecule has 0 bridgehead atoms. The molecule has 1 saturated heterocycles. The summed E-state index contributed by atoms with van der Waals surface area (Å²) in [6.07, 6.45) is 2.22. The van der Waals surface area contributed by atoms with Crippen LogP contribution in [0, 0.1) is 5.82 Å². The third kappa shape index (κ3) is 7.63. The summed E-state index contributed by atoms with van der Waals surface area (Å²) < 4.78 is 18.2. The average Bonchev–Trinajstić information content (AvgIpc) is 2.61. The molecule has 1 aromatic carbocycles. The number of benzene rings is 1. The third-order valence-electron chi connectivity index (χ3n) is 4.00. The monoisotopic (exact) mass is 369 g/mol. The standard InChI is InChI=1S/C18H28FN3O2S/c1-2-20-17(22-14-18(23)8-11-24-12-9-18)21-10-3-13-25-16-6-4-15(19)5-7-16/h4-7,23H,2-3,8-14H2,1H3,(H2,20,21,22). The van der Waals surface area contributed by atoms with Crippen molar-refractivity contribution in [1.82, 2.24) is 10.6 Å². The Labute approximate surface area is 153 Å². The Morgan fingerprint density at radius 2 is 2.00 bits per heavy atom. The number of ether oxygens (including phenoxy) is 1. The molecule has 1 aliphatic rings. The number of hydrogen-bond acceptors (Lipinski definition) is 4.